The molecule has 0 saturated heterocycles. The average Bonchev–Trinajstić information content (AvgIpc) is 2.44. The molecule has 112 valence electrons. The highest BCUT2D eigenvalue weighted by Gasteiger charge is 2.41. The number of nitrogens with two attached hydrogens (primary N) is 1. The summed E-state index contributed by atoms with van der Waals surface area (Å²) < 4.78 is 5.98. The average molecular weight is 278 g/mol. The molecule has 1 aromatic heterocycles. The Morgan fingerprint density at radius 2 is 2.20 bits per heavy atom. The first-order valence-corrected chi connectivity index (χ1v) is 7.59. The van der Waals surface area contributed by atoms with Crippen molar-refractivity contribution in [3.8, 4) is 0 Å². The highest BCUT2D eigenvalue weighted by Crippen LogP contribution is 2.38. The van der Waals surface area contributed by atoms with E-state index in [2.05, 4.69) is 11.9 Å². The smallest absolute Gasteiger partial charge is 0.126 e. The predicted molar refractivity (Wildman–Crippen MR) is 80.3 cm³/mol. The number of anilines is 1. The van der Waals surface area contributed by atoms with Gasteiger partial charge in [0.2, 0.25) is 0 Å². The van der Waals surface area contributed by atoms with Crippen LogP contribution in [0.1, 0.15) is 45.1 Å². The van der Waals surface area contributed by atoms with Gasteiger partial charge < -0.3 is 15.6 Å². The van der Waals surface area contributed by atoms with Crippen molar-refractivity contribution in [1.82, 2.24) is 4.98 Å². The lowest BCUT2D eigenvalue weighted by Crippen LogP contribution is -2.48. The van der Waals surface area contributed by atoms with Crippen LogP contribution in [0.3, 0.4) is 0 Å². The molecule has 4 heteroatoms. The van der Waals surface area contributed by atoms with Gasteiger partial charge in [0.25, 0.3) is 0 Å². The van der Waals surface area contributed by atoms with Gasteiger partial charge in [0.05, 0.1) is 11.7 Å². The van der Waals surface area contributed by atoms with E-state index in [0.29, 0.717) is 18.8 Å². The Morgan fingerprint density at radius 1 is 1.50 bits per heavy atom. The van der Waals surface area contributed by atoms with Crippen LogP contribution >= 0.6 is 0 Å². The van der Waals surface area contributed by atoms with Gasteiger partial charge in [-0.3, -0.25) is 0 Å². The molecule has 1 heterocycles. The van der Waals surface area contributed by atoms with Gasteiger partial charge >= 0.3 is 0 Å². The Balaban J connectivity index is 2.11. The lowest BCUT2D eigenvalue weighted by atomic mass is 9.75. The maximum atomic E-state index is 10.7. The third kappa shape index (κ3) is 3.30. The molecule has 0 amide bonds. The first-order valence-electron chi connectivity index (χ1n) is 7.59. The number of ether oxygens (including phenoxy) is 1. The van der Waals surface area contributed by atoms with E-state index >= 15 is 0 Å². The number of aromatic nitrogens is 1. The van der Waals surface area contributed by atoms with Crippen molar-refractivity contribution < 1.29 is 9.84 Å². The number of rotatable bonds is 5. The fourth-order valence-electron chi connectivity index (χ4n) is 3.13. The molecule has 0 aromatic carbocycles. The lowest BCUT2D eigenvalue weighted by molar-refractivity contribution is -0.143. The molecule has 1 unspecified atom stereocenters. The number of nitrogens with zero attached hydrogens (tertiary/aromatic N) is 1. The second-order valence-corrected chi connectivity index (χ2v) is 5.95. The summed E-state index contributed by atoms with van der Waals surface area (Å²) in [7, 11) is 0. The van der Waals surface area contributed by atoms with Gasteiger partial charge in [0.15, 0.2) is 0 Å². The second kappa shape index (κ2) is 6.55. The zero-order chi connectivity index (χ0) is 14.6. The van der Waals surface area contributed by atoms with Crippen LogP contribution in [0.25, 0.3) is 0 Å². The van der Waals surface area contributed by atoms with Gasteiger partial charge in [-0.05, 0) is 50.2 Å². The zero-order valence-electron chi connectivity index (χ0n) is 12.5. The Morgan fingerprint density at radius 3 is 2.80 bits per heavy atom. The summed E-state index contributed by atoms with van der Waals surface area (Å²) in [5, 5.41) is 10.7. The SMILES string of the molecule is CCOC1(C(O)Cc2cccnc2N)CCC(C)CC1. The number of hydrogen-bond acceptors (Lipinski definition) is 4. The minimum Gasteiger partial charge on any atom is -0.390 e. The molecule has 0 radical (unpaired) electrons. The number of hydrogen-bond donors (Lipinski definition) is 2. The Labute approximate surface area is 121 Å². The van der Waals surface area contributed by atoms with Gasteiger partial charge in [0.1, 0.15) is 5.82 Å². The molecule has 0 aliphatic heterocycles. The minimum absolute atomic E-state index is 0.413. The lowest BCUT2D eigenvalue weighted by Gasteiger charge is -2.42. The molecule has 1 saturated carbocycles. The van der Waals surface area contributed by atoms with Crippen LogP contribution < -0.4 is 5.73 Å². The highest BCUT2D eigenvalue weighted by molar-refractivity contribution is 5.39. The molecule has 0 spiro atoms. The number of pyridine rings is 1. The van der Waals surface area contributed by atoms with Crippen LogP contribution in [0.5, 0.6) is 0 Å². The third-order valence-electron chi connectivity index (χ3n) is 4.50. The van der Waals surface area contributed by atoms with E-state index in [4.69, 9.17) is 10.5 Å². The van der Waals surface area contributed by atoms with E-state index in [1.165, 1.54) is 0 Å². The first-order chi connectivity index (χ1) is 9.57. The van der Waals surface area contributed by atoms with Crippen molar-refractivity contribution in [2.24, 2.45) is 5.92 Å². The summed E-state index contributed by atoms with van der Waals surface area (Å²) in [4.78, 5) is 4.08. The Hall–Kier alpha value is -1.13. The number of aliphatic hydroxyl groups excluding tert-OH is 1. The molecular weight excluding hydrogens is 252 g/mol. The molecule has 4 nitrogen and oxygen atoms in total. The summed E-state index contributed by atoms with van der Waals surface area (Å²) in [6.45, 7) is 4.89. The van der Waals surface area contributed by atoms with E-state index in [-0.39, 0.29) is 0 Å². The molecule has 3 N–H and O–H groups in total. The maximum absolute atomic E-state index is 10.7. The van der Waals surface area contributed by atoms with Crippen LogP contribution in [0.15, 0.2) is 18.3 Å². The standard InChI is InChI=1S/C16H26N2O2/c1-3-20-16(8-6-12(2)7-9-16)14(19)11-13-5-4-10-18-15(13)17/h4-5,10,12,14,19H,3,6-9,11H2,1-2H3,(H2,17,18). The van der Waals surface area contributed by atoms with Crippen molar-refractivity contribution >= 4 is 5.82 Å². The van der Waals surface area contributed by atoms with Crippen LogP contribution in [0, 0.1) is 5.92 Å². The van der Waals surface area contributed by atoms with Crippen molar-refractivity contribution in [2.45, 2.75) is 57.7 Å². The van der Waals surface area contributed by atoms with Crippen molar-refractivity contribution in [3.63, 3.8) is 0 Å². The summed E-state index contributed by atoms with van der Waals surface area (Å²) in [5.74, 6) is 1.22. The third-order valence-corrected chi connectivity index (χ3v) is 4.50. The van der Waals surface area contributed by atoms with Crippen molar-refractivity contribution in [1.29, 1.82) is 0 Å². The normalized spacial score (nSPS) is 28.2. The van der Waals surface area contributed by atoms with Gasteiger partial charge in [0, 0.05) is 19.2 Å². The van der Waals surface area contributed by atoms with Crippen molar-refractivity contribution in [2.75, 3.05) is 12.3 Å². The summed E-state index contributed by atoms with van der Waals surface area (Å²) >= 11 is 0. The minimum atomic E-state index is -0.526. The van der Waals surface area contributed by atoms with E-state index in [0.717, 1.165) is 37.2 Å². The quantitative estimate of drug-likeness (QED) is 0.868. The van der Waals surface area contributed by atoms with Crippen LogP contribution in [0.2, 0.25) is 0 Å². The van der Waals surface area contributed by atoms with Gasteiger partial charge in [-0.2, -0.15) is 0 Å². The molecule has 0 bridgehead atoms. The molecule has 1 fully saturated rings. The summed E-state index contributed by atoms with van der Waals surface area (Å²) in [5.41, 5.74) is 6.36. The van der Waals surface area contributed by atoms with Gasteiger partial charge in [-0.15, -0.1) is 0 Å². The maximum Gasteiger partial charge on any atom is 0.126 e. The molecule has 2 rings (SSSR count). The van der Waals surface area contributed by atoms with Gasteiger partial charge in [-0.1, -0.05) is 13.0 Å². The first kappa shape index (κ1) is 15.3. The van der Waals surface area contributed by atoms with E-state index in [9.17, 15) is 5.11 Å². The fourth-order valence-corrected chi connectivity index (χ4v) is 3.13. The Kier molecular flexibility index (Phi) is 5.00. The van der Waals surface area contributed by atoms with Crippen LogP contribution in [-0.2, 0) is 11.2 Å². The summed E-state index contributed by atoms with van der Waals surface area (Å²) in [6.07, 6.45) is 5.72. The second-order valence-electron chi connectivity index (χ2n) is 5.95. The van der Waals surface area contributed by atoms with E-state index in [1.807, 2.05) is 19.1 Å². The Bertz CT molecular complexity index is 428. The van der Waals surface area contributed by atoms with Crippen LogP contribution in [-0.4, -0.2) is 28.4 Å². The van der Waals surface area contributed by atoms with E-state index in [1.54, 1.807) is 6.20 Å². The zero-order valence-corrected chi connectivity index (χ0v) is 12.5. The number of aliphatic hydroxyl groups is 1. The van der Waals surface area contributed by atoms with Crippen LogP contribution in [0.4, 0.5) is 5.82 Å². The molecule has 1 atom stereocenters. The number of nitrogen functional groups attached to an aromatic ring is 1. The molecule has 20 heavy (non-hydrogen) atoms. The van der Waals surface area contributed by atoms with Crippen molar-refractivity contribution in [3.05, 3.63) is 23.9 Å². The molecular formula is C16H26N2O2. The predicted octanol–water partition coefficient (Wildman–Crippen LogP) is 2.55. The summed E-state index contributed by atoms with van der Waals surface area (Å²) in [6, 6.07) is 3.78. The van der Waals surface area contributed by atoms with E-state index < -0.39 is 11.7 Å². The molecule has 1 aromatic rings. The topological polar surface area (TPSA) is 68.4 Å². The largest absolute Gasteiger partial charge is 0.390 e. The fraction of sp³-hybridized carbons (Fsp3) is 0.688. The molecule has 1 aliphatic rings. The van der Waals surface area contributed by atoms with Gasteiger partial charge in [-0.25, -0.2) is 4.98 Å². The monoisotopic (exact) mass is 278 g/mol. The highest BCUT2D eigenvalue weighted by atomic mass is 16.5. The molecule has 1 aliphatic carbocycles.